The molecule has 14 aromatic rings. The van der Waals surface area contributed by atoms with Crippen LogP contribution in [-0.2, 0) is 0 Å². The Morgan fingerprint density at radius 2 is 0.781 bits per heavy atom. The Balaban J connectivity index is 0.000000176. The highest BCUT2D eigenvalue weighted by molar-refractivity contribution is 9.11. The molecule has 0 aliphatic rings. The third-order valence-corrected chi connectivity index (χ3v) is 17.1. The van der Waals surface area contributed by atoms with Crippen molar-refractivity contribution in [2.24, 2.45) is 0 Å². The number of nitro benzene ring substituents is 2. The lowest BCUT2D eigenvalue weighted by Gasteiger charge is -2.13. The van der Waals surface area contributed by atoms with Crippen LogP contribution in [0.4, 0.5) is 67.0 Å². The van der Waals surface area contributed by atoms with Gasteiger partial charge < -0.3 is 32.7 Å². The molecule has 0 spiro atoms. The van der Waals surface area contributed by atoms with Crippen LogP contribution < -0.4 is 32.7 Å². The molecule has 16 nitrogen and oxygen atoms in total. The summed E-state index contributed by atoms with van der Waals surface area (Å²) in [7, 11) is 0. The van der Waals surface area contributed by atoms with E-state index in [1.165, 1.54) is 18.2 Å². The molecule has 1 heterocycles. The van der Waals surface area contributed by atoms with Gasteiger partial charge in [0, 0.05) is 79.6 Å². The maximum absolute atomic E-state index is 12.4. The molecule has 23 heteroatoms. The van der Waals surface area contributed by atoms with Gasteiger partial charge in [-0.3, -0.25) is 34.4 Å². The van der Waals surface area contributed by atoms with Crippen molar-refractivity contribution in [3.8, 4) is 17.1 Å². The molecule has 1 aromatic heterocycles. The molecule has 13 aromatic carbocycles. The minimum absolute atomic E-state index is 0. The van der Waals surface area contributed by atoms with Gasteiger partial charge in [-0.25, -0.2) is 4.98 Å². The Labute approximate surface area is 654 Å². The second-order valence-corrected chi connectivity index (χ2v) is 26.5. The Morgan fingerprint density at radius 1 is 0.410 bits per heavy atom. The number of halogens is 7. The van der Waals surface area contributed by atoms with Gasteiger partial charge >= 0.3 is 5.69 Å². The minimum Gasteiger partial charge on any atom is -0.399 e. The molecule has 0 radical (unpaired) electrons. The molecule has 8 N–H and O–H groups in total. The van der Waals surface area contributed by atoms with Gasteiger partial charge in [0.15, 0.2) is 0 Å². The van der Waals surface area contributed by atoms with E-state index in [0.29, 0.717) is 16.8 Å². The number of fused-ring (bicyclic) bond motifs is 1. The quantitative estimate of drug-likeness (QED) is 0.0274. The number of nitrogen functional groups attached to an aromatic ring is 2. The number of para-hydroxylation sites is 9. The van der Waals surface area contributed by atoms with Crippen LogP contribution in [0.1, 0.15) is 28.1 Å². The van der Waals surface area contributed by atoms with Crippen molar-refractivity contribution in [3.05, 3.63) is 393 Å². The van der Waals surface area contributed by atoms with E-state index in [0.717, 1.165) is 108 Å². The first-order chi connectivity index (χ1) is 50.3. The van der Waals surface area contributed by atoms with E-state index in [9.17, 15) is 34.2 Å². The highest BCUT2D eigenvalue weighted by Gasteiger charge is 2.16. The normalized spacial score (nSPS) is 9.90. The van der Waals surface area contributed by atoms with Crippen LogP contribution in [0.5, 0.6) is 0 Å². The molecule has 0 saturated heterocycles. The summed E-state index contributed by atoms with van der Waals surface area (Å²) < 4.78 is 19.8. The van der Waals surface area contributed by atoms with E-state index in [-0.39, 0.29) is 19.0 Å². The average Bonchev–Trinajstić information content (AvgIpc) is 1.62. The monoisotopic (exact) mass is 1740 g/mol. The zero-order valence-electron chi connectivity index (χ0n) is 54.8. The number of nitrogens with one attached hydrogen (secondary N) is 4. The van der Waals surface area contributed by atoms with Crippen molar-refractivity contribution in [2.45, 2.75) is 7.43 Å². The number of nitrogens with zero attached hydrogens (tertiary/aromatic N) is 4. The fourth-order valence-electron chi connectivity index (χ4n) is 9.19. The van der Waals surface area contributed by atoms with E-state index in [1.54, 1.807) is 54.6 Å². The molecule has 0 bridgehead atoms. The van der Waals surface area contributed by atoms with Crippen molar-refractivity contribution in [2.75, 3.05) is 32.7 Å². The number of amides is 1. The number of carbonyl (C=O) groups is 2. The number of hydrogen-bond acceptors (Lipinski definition) is 12. The first-order valence-corrected chi connectivity index (χ1v) is 35.7. The van der Waals surface area contributed by atoms with Crippen LogP contribution in [0.2, 0.25) is 0 Å². The molecule has 1 amide bonds. The summed E-state index contributed by atoms with van der Waals surface area (Å²) in [6.07, 6.45) is 0. The van der Waals surface area contributed by atoms with Crippen molar-refractivity contribution in [1.82, 2.24) is 9.55 Å². The molecule has 0 fully saturated rings. The highest BCUT2D eigenvalue weighted by Crippen LogP contribution is 2.32. The summed E-state index contributed by atoms with van der Waals surface area (Å²) in [5.41, 5.74) is 23.7. The van der Waals surface area contributed by atoms with Crippen molar-refractivity contribution >= 4 is 176 Å². The van der Waals surface area contributed by atoms with Crippen LogP contribution >= 0.6 is 91.3 Å². The van der Waals surface area contributed by atoms with Gasteiger partial charge in [0.25, 0.3) is 16.8 Å². The number of rotatable bonds is 13. The van der Waals surface area contributed by atoms with Crippen LogP contribution in [0.25, 0.3) is 28.1 Å². The number of nitro groups is 2. The lowest BCUT2D eigenvalue weighted by atomic mass is 10.2. The number of carbonyl (C=O) groups excluding carboxylic acids is 2. The summed E-state index contributed by atoms with van der Waals surface area (Å²) >= 11 is 22.1. The summed E-state index contributed by atoms with van der Waals surface area (Å²) in [4.78, 5) is 47.2. The van der Waals surface area contributed by atoms with E-state index >= 15 is 0 Å². The molecule has 0 atom stereocenters. The molecule has 105 heavy (non-hydrogen) atoms. The van der Waals surface area contributed by atoms with Gasteiger partial charge in [-0.05, 0) is 194 Å². The van der Waals surface area contributed by atoms with Gasteiger partial charge in [-0.1, -0.05) is 227 Å². The molecule has 0 aliphatic heterocycles. The van der Waals surface area contributed by atoms with Crippen molar-refractivity contribution in [3.63, 3.8) is 0 Å². The van der Waals surface area contributed by atoms with E-state index in [4.69, 9.17) is 28.1 Å². The van der Waals surface area contributed by atoms with E-state index in [1.807, 2.05) is 200 Å². The Kier molecular flexibility index (Phi) is 32.8. The molecule has 530 valence electrons. The fraction of sp³-hybridized carbons (Fsp3) is 0.0122. The van der Waals surface area contributed by atoms with E-state index < -0.39 is 26.6 Å². The zero-order valence-corrected chi connectivity index (χ0v) is 63.5. The van der Waals surface area contributed by atoms with Gasteiger partial charge in [0.1, 0.15) is 11.5 Å². The maximum Gasteiger partial charge on any atom is 0.304 e. The smallest absolute Gasteiger partial charge is 0.304 e. The van der Waals surface area contributed by atoms with Gasteiger partial charge in [-0.15, -0.1) is 0 Å². The van der Waals surface area contributed by atoms with Crippen molar-refractivity contribution in [1.29, 1.82) is 0 Å². The molecular formula is C82H67Br5ClFN10O6. The van der Waals surface area contributed by atoms with Gasteiger partial charge in [0.2, 0.25) is 5.82 Å². The fourth-order valence-corrected chi connectivity index (χ4v) is 10.6. The largest absolute Gasteiger partial charge is 0.399 e. The summed E-state index contributed by atoms with van der Waals surface area (Å²) in [5, 5.41) is 32.9. The second-order valence-electron chi connectivity index (χ2n) is 21.6. The van der Waals surface area contributed by atoms with Crippen LogP contribution in [0.3, 0.4) is 0 Å². The minimum atomic E-state index is -0.799. The second kappa shape index (κ2) is 42.5. The zero-order chi connectivity index (χ0) is 74.2. The predicted octanol–water partition coefficient (Wildman–Crippen LogP) is 25.2. The molecule has 0 unspecified atom stereocenters. The highest BCUT2D eigenvalue weighted by atomic mass is 79.9. The molecule has 0 aliphatic carbocycles. The lowest BCUT2D eigenvalue weighted by molar-refractivity contribution is -0.387. The lowest BCUT2D eigenvalue weighted by Crippen LogP contribution is -2.12. The Hall–Kier alpha value is -11.1. The van der Waals surface area contributed by atoms with Gasteiger partial charge in [-0.2, -0.15) is 4.39 Å². The van der Waals surface area contributed by atoms with Crippen LogP contribution in [0, 0.1) is 26.0 Å². The van der Waals surface area contributed by atoms with Gasteiger partial charge in [0.05, 0.1) is 43.6 Å². The predicted molar refractivity (Wildman–Crippen MR) is 446 cm³/mol. The van der Waals surface area contributed by atoms with Crippen LogP contribution in [-0.4, -0.2) is 30.5 Å². The van der Waals surface area contributed by atoms with Crippen molar-refractivity contribution < 1.29 is 23.8 Å². The molecule has 14 rings (SSSR count). The first kappa shape index (κ1) is 81.2. The summed E-state index contributed by atoms with van der Waals surface area (Å²) in [5.74, 6) is 0.0345. The van der Waals surface area contributed by atoms with E-state index in [2.05, 4.69) is 154 Å². The Morgan fingerprint density at radius 3 is 1.24 bits per heavy atom. The number of imidazole rings is 1. The maximum atomic E-state index is 12.4. The third-order valence-electron chi connectivity index (χ3n) is 14.2. The summed E-state index contributed by atoms with van der Waals surface area (Å²) in [6, 6.07) is 102. The SMILES string of the molecule is Brc1ccc(-n2c(-c3ccccc3)nc3ccccc32)cc1.C.Nc1ccc(Br)cc1.Nc1ccccc1Nc1ccc(Br)cc1.O=C(Cl)c1ccccc1.O=C(Nc1ccccc1Nc1ccc(Br)cc1)c1ccccc1.O=[N+]([O-])c1ccccc1F.O=[N+]([O-])c1ccccc1Nc1ccc(Br)cc1. The number of anilines is 9. The molecule has 0 saturated carbocycles. The molecular weight excluding hydrogens is 1670 g/mol. The third kappa shape index (κ3) is 26.6. The average molecular weight is 1740 g/mol. The van der Waals surface area contributed by atoms with Crippen LogP contribution in [0.15, 0.2) is 356 Å². The number of nitrogens with two attached hydrogens (primary N) is 2. The number of aromatic nitrogens is 2. The summed E-state index contributed by atoms with van der Waals surface area (Å²) in [6.45, 7) is 0. The number of hydrogen-bond donors (Lipinski definition) is 6. The Bertz CT molecular complexity index is 5040. The topological polar surface area (TPSA) is 238 Å². The number of benzene rings is 13. The standard InChI is InChI=1S/C19H15BrN2O.C19H13BrN2.C12H9BrN2O2.C12H11BrN2.C7H5ClO.C6H6BrN.C6H4FNO2.CH4/c20-15-10-12-16(13-11-15)21-17-8-4-5-9-18(17)22-19(23)14-6-2-1-3-7-14;20-15-10-12-16(13-11-15)22-18-9-5-4-8-17(18)21-19(22)14-6-2-1-3-7-14;13-9-5-7-10(8-6-9)14-11-3-1-2-4-12(11)15(16)17;13-9-5-7-10(8-6-9)15-12-4-2-1-3-11(12)14;8-7(9)6-4-2-1-3-5-6;7-5-1-3-6(8)4-2-5;7-5-3-1-2-4-6(5)8(9)10;/h1-13,21H,(H,22,23);1-13H;1-8,14H;1-8,15H,14H2;1-5H;1-4H,8H2;1-4H;1H4. The first-order valence-electron chi connectivity index (χ1n) is 31.3.